The van der Waals surface area contributed by atoms with Gasteiger partial charge in [-0.2, -0.15) is 0 Å². The Kier molecular flexibility index (Phi) is 5.55. The van der Waals surface area contributed by atoms with Gasteiger partial charge < -0.3 is 9.84 Å². The van der Waals surface area contributed by atoms with Crippen LogP contribution in [0.3, 0.4) is 0 Å². The van der Waals surface area contributed by atoms with Crippen molar-refractivity contribution < 1.29 is 14.6 Å². The van der Waals surface area contributed by atoms with Gasteiger partial charge in [0.15, 0.2) is 15.8 Å². The van der Waals surface area contributed by atoms with E-state index in [1.165, 1.54) is 22.7 Å². The number of benzene rings is 2. The molecule has 134 valence electrons. The van der Waals surface area contributed by atoms with E-state index in [2.05, 4.69) is 0 Å². The molecule has 4 nitrogen and oxygen atoms in total. The van der Waals surface area contributed by atoms with Crippen molar-refractivity contribution in [3.63, 3.8) is 0 Å². The lowest BCUT2D eigenvalue weighted by atomic mass is 10.1. The van der Waals surface area contributed by atoms with E-state index in [4.69, 9.17) is 28.6 Å². The van der Waals surface area contributed by atoms with Crippen LogP contribution >= 0.6 is 35.6 Å². The molecule has 0 bridgehead atoms. The van der Waals surface area contributed by atoms with Gasteiger partial charge in [0.05, 0.1) is 17.2 Å². The Labute approximate surface area is 166 Å². The summed E-state index contributed by atoms with van der Waals surface area (Å²) in [5, 5.41) is 10.4. The van der Waals surface area contributed by atoms with Crippen molar-refractivity contribution in [1.82, 2.24) is 0 Å². The molecule has 2 aromatic rings. The molecule has 1 heterocycles. The molecule has 2 aromatic carbocycles. The van der Waals surface area contributed by atoms with E-state index >= 15 is 0 Å². The molecule has 0 aliphatic carbocycles. The lowest BCUT2D eigenvalue weighted by Crippen LogP contribution is -2.27. The van der Waals surface area contributed by atoms with Crippen LogP contribution in [0.15, 0.2) is 41.3 Å². The summed E-state index contributed by atoms with van der Waals surface area (Å²) in [6.07, 6.45) is 1.73. The highest BCUT2D eigenvalue weighted by atomic mass is 35.5. The van der Waals surface area contributed by atoms with Gasteiger partial charge in [-0.25, -0.2) is 0 Å². The summed E-state index contributed by atoms with van der Waals surface area (Å²) < 4.78 is 5.83. The van der Waals surface area contributed by atoms with Gasteiger partial charge in [0.2, 0.25) is 0 Å². The minimum Gasteiger partial charge on any atom is -0.504 e. The third-order valence-corrected chi connectivity index (χ3v) is 5.50. The fourth-order valence-corrected chi connectivity index (χ4v) is 3.93. The number of phenols is 1. The molecule has 1 saturated heterocycles. The molecule has 1 aliphatic rings. The number of halogens is 1. The third kappa shape index (κ3) is 3.72. The number of amides is 1. The van der Waals surface area contributed by atoms with Crippen LogP contribution in [0, 0.1) is 6.92 Å². The van der Waals surface area contributed by atoms with Crippen molar-refractivity contribution in [1.29, 1.82) is 0 Å². The molecule has 26 heavy (non-hydrogen) atoms. The summed E-state index contributed by atoms with van der Waals surface area (Å²) in [4.78, 5) is 14.8. The second-order valence-electron chi connectivity index (χ2n) is 5.61. The van der Waals surface area contributed by atoms with Gasteiger partial charge in [-0.15, -0.1) is 0 Å². The molecular formula is C19H16ClNO3S2. The highest BCUT2D eigenvalue weighted by molar-refractivity contribution is 8.27. The Morgan fingerprint density at radius 2 is 2.08 bits per heavy atom. The number of anilines is 1. The zero-order valence-corrected chi connectivity index (χ0v) is 16.5. The molecule has 0 atom stereocenters. The number of ether oxygens (including phenoxy) is 1. The quantitative estimate of drug-likeness (QED) is 0.562. The maximum atomic E-state index is 12.8. The summed E-state index contributed by atoms with van der Waals surface area (Å²) in [6.45, 7) is 4.17. The van der Waals surface area contributed by atoms with Crippen LogP contribution in [0.5, 0.6) is 11.5 Å². The average Bonchev–Trinajstić information content (AvgIpc) is 2.87. The van der Waals surface area contributed by atoms with Gasteiger partial charge in [0, 0.05) is 5.02 Å². The van der Waals surface area contributed by atoms with E-state index in [0.717, 1.165) is 11.1 Å². The molecule has 3 rings (SSSR count). The van der Waals surface area contributed by atoms with Crippen molar-refractivity contribution in [2.45, 2.75) is 13.8 Å². The predicted octanol–water partition coefficient (Wildman–Crippen LogP) is 5.16. The summed E-state index contributed by atoms with van der Waals surface area (Å²) >= 11 is 12.8. The van der Waals surface area contributed by atoms with Crippen molar-refractivity contribution in [3.05, 3.63) is 57.5 Å². The number of aromatic hydroxyl groups is 1. The Bertz CT molecular complexity index is 927. The van der Waals surface area contributed by atoms with Crippen LogP contribution in [0.4, 0.5) is 5.69 Å². The molecule has 0 spiro atoms. The Hall–Kier alpha value is -2.02. The predicted molar refractivity (Wildman–Crippen MR) is 111 cm³/mol. The molecule has 1 amide bonds. The summed E-state index contributed by atoms with van der Waals surface area (Å²) in [7, 11) is 0. The monoisotopic (exact) mass is 405 g/mol. The van der Waals surface area contributed by atoms with Gasteiger partial charge in [-0.1, -0.05) is 47.7 Å². The fourth-order valence-electron chi connectivity index (χ4n) is 2.45. The summed E-state index contributed by atoms with van der Waals surface area (Å²) in [5.74, 6) is 0.235. The standard InChI is InChI=1S/C19H16ClNO3S2/c1-3-24-16-8-12(5-7-15(16)22)9-17-18(23)21(19(25)26-17)13-6-4-11(2)14(20)10-13/h4-10,22H,3H2,1-2H3/b17-9-. The first kappa shape index (κ1) is 18.8. The Balaban J connectivity index is 1.92. The number of thioether (sulfide) groups is 1. The number of carbonyl (C=O) groups excluding carboxylic acids is 1. The van der Waals surface area contributed by atoms with Gasteiger partial charge in [0.25, 0.3) is 5.91 Å². The molecule has 7 heteroatoms. The van der Waals surface area contributed by atoms with Gasteiger partial charge >= 0.3 is 0 Å². The Morgan fingerprint density at radius 3 is 2.77 bits per heavy atom. The Morgan fingerprint density at radius 1 is 1.31 bits per heavy atom. The molecular weight excluding hydrogens is 390 g/mol. The van der Waals surface area contributed by atoms with Crippen molar-refractivity contribution in [3.8, 4) is 11.5 Å². The van der Waals surface area contributed by atoms with Crippen molar-refractivity contribution >= 4 is 57.6 Å². The first-order valence-electron chi connectivity index (χ1n) is 7.90. The second-order valence-corrected chi connectivity index (χ2v) is 7.69. The summed E-state index contributed by atoms with van der Waals surface area (Å²) in [6, 6.07) is 10.4. The van der Waals surface area contributed by atoms with E-state index in [9.17, 15) is 9.90 Å². The van der Waals surface area contributed by atoms with Crippen LogP contribution in [0.2, 0.25) is 5.02 Å². The average molecular weight is 406 g/mol. The van der Waals surface area contributed by atoms with E-state index < -0.39 is 0 Å². The molecule has 1 N–H and O–H groups in total. The minimum absolute atomic E-state index is 0.0610. The maximum absolute atomic E-state index is 12.8. The normalized spacial score (nSPS) is 15.8. The van der Waals surface area contributed by atoms with E-state index in [-0.39, 0.29) is 11.7 Å². The molecule has 0 aromatic heterocycles. The number of aryl methyl sites for hydroxylation is 1. The van der Waals surface area contributed by atoms with E-state index in [0.29, 0.717) is 32.3 Å². The fraction of sp³-hybridized carbons (Fsp3) is 0.158. The number of nitrogens with zero attached hydrogens (tertiary/aromatic N) is 1. The second kappa shape index (κ2) is 7.70. The van der Waals surface area contributed by atoms with Crippen LogP contribution in [0.1, 0.15) is 18.1 Å². The first-order valence-corrected chi connectivity index (χ1v) is 9.51. The van der Waals surface area contributed by atoms with E-state index in [1.54, 1.807) is 24.3 Å². The van der Waals surface area contributed by atoms with Gasteiger partial charge in [-0.05, 0) is 55.3 Å². The zero-order valence-electron chi connectivity index (χ0n) is 14.2. The molecule has 0 radical (unpaired) electrons. The topological polar surface area (TPSA) is 49.8 Å². The molecule has 1 aliphatic heterocycles. The number of hydrogen-bond acceptors (Lipinski definition) is 5. The van der Waals surface area contributed by atoms with Crippen LogP contribution in [-0.4, -0.2) is 21.9 Å². The maximum Gasteiger partial charge on any atom is 0.270 e. The smallest absolute Gasteiger partial charge is 0.270 e. The number of hydrogen-bond donors (Lipinski definition) is 1. The molecule has 0 unspecified atom stereocenters. The highest BCUT2D eigenvalue weighted by Crippen LogP contribution is 2.38. The molecule has 1 fully saturated rings. The van der Waals surface area contributed by atoms with E-state index in [1.807, 2.05) is 26.0 Å². The lowest BCUT2D eigenvalue weighted by molar-refractivity contribution is -0.113. The highest BCUT2D eigenvalue weighted by Gasteiger charge is 2.33. The number of phenolic OH excluding ortho intramolecular Hbond substituents is 1. The molecule has 0 saturated carbocycles. The van der Waals surface area contributed by atoms with Crippen LogP contribution in [-0.2, 0) is 4.79 Å². The number of carbonyl (C=O) groups is 1. The summed E-state index contributed by atoms with van der Waals surface area (Å²) in [5.41, 5.74) is 2.32. The third-order valence-electron chi connectivity index (χ3n) is 3.79. The van der Waals surface area contributed by atoms with Gasteiger partial charge in [0.1, 0.15) is 0 Å². The SMILES string of the molecule is CCOc1cc(/C=C2\SC(=S)N(c3ccc(C)c(Cl)c3)C2=O)ccc1O. The van der Waals surface area contributed by atoms with Gasteiger partial charge in [-0.3, -0.25) is 9.69 Å². The first-order chi connectivity index (χ1) is 12.4. The van der Waals surface area contributed by atoms with Crippen molar-refractivity contribution in [2.24, 2.45) is 0 Å². The van der Waals surface area contributed by atoms with Crippen molar-refractivity contribution in [2.75, 3.05) is 11.5 Å². The number of thiocarbonyl (C=S) groups is 1. The minimum atomic E-state index is -0.203. The number of rotatable bonds is 4. The van der Waals surface area contributed by atoms with Crippen LogP contribution < -0.4 is 9.64 Å². The van der Waals surface area contributed by atoms with Crippen LogP contribution in [0.25, 0.3) is 6.08 Å². The largest absolute Gasteiger partial charge is 0.504 e. The lowest BCUT2D eigenvalue weighted by Gasteiger charge is -2.15. The zero-order chi connectivity index (χ0) is 18.8.